The van der Waals surface area contributed by atoms with E-state index >= 15 is 0 Å². The molecule has 10 heteroatoms. The van der Waals surface area contributed by atoms with Crippen LogP contribution >= 0.6 is 0 Å². The van der Waals surface area contributed by atoms with E-state index in [2.05, 4.69) is 4.72 Å². The molecule has 1 N–H and O–H groups in total. The Hall–Kier alpha value is -2.72. The van der Waals surface area contributed by atoms with Gasteiger partial charge in [-0.3, -0.25) is 9.59 Å². The number of ether oxygens (including phenoxy) is 1. The summed E-state index contributed by atoms with van der Waals surface area (Å²) in [5, 5.41) is 0. The maximum absolute atomic E-state index is 13.8. The fraction of sp³-hybridized carbons (Fsp3) is 0.263. The Bertz CT molecular complexity index is 1020. The summed E-state index contributed by atoms with van der Waals surface area (Å²) >= 11 is 0. The molecule has 0 saturated carbocycles. The van der Waals surface area contributed by atoms with Crippen LogP contribution in [0.15, 0.2) is 47.4 Å². The molecule has 0 heterocycles. The summed E-state index contributed by atoms with van der Waals surface area (Å²) in [6, 6.07) is 5.65. The zero-order valence-electron chi connectivity index (χ0n) is 15.5. The monoisotopic (exact) mass is 429 g/mol. The Morgan fingerprint density at radius 3 is 2.24 bits per heavy atom. The van der Waals surface area contributed by atoms with Crippen LogP contribution < -0.4 is 4.72 Å². The van der Waals surface area contributed by atoms with Crippen LogP contribution in [0.4, 0.5) is 13.2 Å². The summed E-state index contributed by atoms with van der Waals surface area (Å²) in [5.74, 6) is -5.85. The molecule has 2 rings (SSSR count). The Morgan fingerprint density at radius 1 is 1.00 bits per heavy atom. The largest absolute Gasteiger partial charge is 0.456 e. The molecule has 29 heavy (non-hydrogen) atoms. The average molecular weight is 429 g/mol. The number of halogens is 3. The summed E-state index contributed by atoms with van der Waals surface area (Å²) in [5.41, 5.74) is -0.218. The zero-order chi connectivity index (χ0) is 21.8. The first-order chi connectivity index (χ1) is 13.5. The predicted octanol–water partition coefficient (Wildman–Crippen LogP) is 2.83. The number of hydrogen-bond acceptors (Lipinski definition) is 5. The third-order valence-corrected chi connectivity index (χ3v) is 5.39. The topological polar surface area (TPSA) is 89.5 Å². The Balaban J connectivity index is 2.10. The molecule has 0 aliphatic heterocycles. The smallest absolute Gasteiger partial charge is 0.324 e. The molecule has 6 nitrogen and oxygen atoms in total. The van der Waals surface area contributed by atoms with Crippen LogP contribution in [0.2, 0.25) is 0 Å². The lowest BCUT2D eigenvalue weighted by Gasteiger charge is -2.20. The second-order valence-corrected chi connectivity index (χ2v) is 8.12. The fourth-order valence-corrected chi connectivity index (χ4v) is 3.74. The van der Waals surface area contributed by atoms with Crippen molar-refractivity contribution in [3.05, 3.63) is 65.5 Å². The highest BCUT2D eigenvalue weighted by Gasteiger charge is 2.31. The summed E-state index contributed by atoms with van der Waals surface area (Å²) < 4.78 is 71.6. The lowest BCUT2D eigenvalue weighted by Crippen LogP contribution is -2.45. The van der Waals surface area contributed by atoms with E-state index in [4.69, 9.17) is 4.74 Å². The van der Waals surface area contributed by atoms with E-state index in [9.17, 15) is 31.2 Å². The molecular weight excluding hydrogens is 411 g/mol. The molecule has 0 aliphatic rings. The summed E-state index contributed by atoms with van der Waals surface area (Å²) in [6.45, 7) is 2.23. The third kappa shape index (κ3) is 5.64. The van der Waals surface area contributed by atoms with E-state index in [1.165, 1.54) is 26.0 Å². The first-order valence-corrected chi connectivity index (χ1v) is 9.93. The summed E-state index contributed by atoms with van der Waals surface area (Å²) in [4.78, 5) is 23.7. The molecule has 1 atom stereocenters. The van der Waals surface area contributed by atoms with E-state index in [-0.39, 0.29) is 5.56 Å². The Labute approximate surface area is 165 Å². The molecule has 0 radical (unpaired) electrons. The van der Waals surface area contributed by atoms with Crippen molar-refractivity contribution in [1.82, 2.24) is 4.72 Å². The van der Waals surface area contributed by atoms with Crippen molar-refractivity contribution in [3.63, 3.8) is 0 Å². The van der Waals surface area contributed by atoms with Crippen LogP contribution in [0.3, 0.4) is 0 Å². The van der Waals surface area contributed by atoms with Gasteiger partial charge in [0.2, 0.25) is 10.0 Å². The van der Waals surface area contributed by atoms with Gasteiger partial charge in [-0.15, -0.1) is 0 Å². The molecule has 2 aromatic carbocycles. The second kappa shape index (κ2) is 9.19. The number of hydrogen-bond donors (Lipinski definition) is 1. The predicted molar refractivity (Wildman–Crippen MR) is 97.0 cm³/mol. The highest BCUT2D eigenvalue weighted by molar-refractivity contribution is 7.89. The van der Waals surface area contributed by atoms with E-state index in [0.717, 1.165) is 24.3 Å². The third-order valence-electron chi connectivity index (χ3n) is 3.92. The minimum Gasteiger partial charge on any atom is -0.456 e. The van der Waals surface area contributed by atoms with Gasteiger partial charge in [-0.1, -0.05) is 26.0 Å². The van der Waals surface area contributed by atoms with Crippen molar-refractivity contribution < 1.29 is 35.9 Å². The number of Topliss-reactive ketones (excluding diaryl/α,β-unsaturated/α-hetero) is 1. The minimum atomic E-state index is -4.38. The van der Waals surface area contributed by atoms with Crippen molar-refractivity contribution in [2.45, 2.75) is 24.8 Å². The van der Waals surface area contributed by atoms with Gasteiger partial charge in [-0.05, 0) is 36.2 Å². The summed E-state index contributed by atoms with van der Waals surface area (Å²) in [7, 11) is -4.38. The van der Waals surface area contributed by atoms with E-state index in [1.54, 1.807) is 0 Å². The van der Waals surface area contributed by atoms with E-state index in [1.807, 2.05) is 0 Å². The Morgan fingerprint density at radius 2 is 1.66 bits per heavy atom. The molecule has 0 aromatic heterocycles. The van der Waals surface area contributed by atoms with Gasteiger partial charge in [-0.25, -0.2) is 21.6 Å². The molecule has 0 spiro atoms. The maximum Gasteiger partial charge on any atom is 0.324 e. The first-order valence-electron chi connectivity index (χ1n) is 8.44. The SMILES string of the molecule is CC(C)C(NS(=O)(=O)c1ccccc1F)C(=O)OCC(=O)c1ccc(F)c(F)c1. The van der Waals surface area contributed by atoms with Gasteiger partial charge in [0.25, 0.3) is 0 Å². The number of nitrogens with one attached hydrogen (secondary N) is 1. The highest BCUT2D eigenvalue weighted by Crippen LogP contribution is 2.16. The van der Waals surface area contributed by atoms with Crippen LogP contribution in [0.5, 0.6) is 0 Å². The van der Waals surface area contributed by atoms with Crippen LogP contribution in [-0.2, 0) is 19.6 Å². The average Bonchev–Trinajstić information content (AvgIpc) is 2.66. The lowest BCUT2D eigenvalue weighted by atomic mass is 10.1. The molecule has 2 aromatic rings. The van der Waals surface area contributed by atoms with E-state index in [0.29, 0.717) is 6.07 Å². The van der Waals surface area contributed by atoms with Crippen molar-refractivity contribution in [1.29, 1.82) is 0 Å². The standard InChI is InChI=1S/C19H18F3NO5S/c1-11(2)18(23-29(26,27)17-6-4-3-5-14(17)21)19(25)28-10-16(24)12-7-8-13(20)15(22)9-12/h3-9,11,18,23H,10H2,1-2H3. The molecule has 0 fully saturated rings. The van der Waals surface area contributed by atoms with Crippen molar-refractivity contribution in [2.75, 3.05) is 6.61 Å². The molecule has 0 amide bonds. The number of ketones is 1. The lowest BCUT2D eigenvalue weighted by molar-refractivity contribution is -0.145. The van der Waals surface area contributed by atoms with Gasteiger partial charge in [0, 0.05) is 5.56 Å². The molecule has 0 saturated heterocycles. The van der Waals surface area contributed by atoms with Crippen molar-refractivity contribution in [3.8, 4) is 0 Å². The van der Waals surface area contributed by atoms with Gasteiger partial charge in [-0.2, -0.15) is 4.72 Å². The number of esters is 1. The number of benzene rings is 2. The molecule has 0 bridgehead atoms. The van der Waals surface area contributed by atoms with Gasteiger partial charge >= 0.3 is 5.97 Å². The second-order valence-electron chi connectivity index (χ2n) is 6.43. The quantitative estimate of drug-likeness (QED) is 0.515. The fourth-order valence-electron chi connectivity index (χ4n) is 2.33. The number of sulfonamides is 1. The normalized spacial score (nSPS) is 12.6. The minimum absolute atomic E-state index is 0.218. The van der Waals surface area contributed by atoms with Crippen molar-refractivity contribution >= 4 is 21.8 Å². The van der Waals surface area contributed by atoms with Gasteiger partial charge in [0.1, 0.15) is 16.8 Å². The van der Waals surface area contributed by atoms with Crippen molar-refractivity contribution in [2.24, 2.45) is 5.92 Å². The van der Waals surface area contributed by atoms with Crippen LogP contribution in [-0.4, -0.2) is 32.8 Å². The maximum atomic E-state index is 13.8. The van der Waals surface area contributed by atoms with E-state index < -0.39 is 62.7 Å². The highest BCUT2D eigenvalue weighted by atomic mass is 32.2. The summed E-state index contributed by atoms with van der Waals surface area (Å²) in [6.07, 6.45) is 0. The van der Waals surface area contributed by atoms with Gasteiger partial charge in [0.05, 0.1) is 0 Å². The Kier molecular flexibility index (Phi) is 7.15. The number of rotatable bonds is 8. The number of carbonyl (C=O) groups is 2. The van der Waals surface area contributed by atoms with Crippen LogP contribution in [0.25, 0.3) is 0 Å². The zero-order valence-corrected chi connectivity index (χ0v) is 16.3. The first kappa shape index (κ1) is 22.6. The molecule has 0 aliphatic carbocycles. The molecular formula is C19H18F3NO5S. The molecule has 1 unspecified atom stereocenters. The van der Waals surface area contributed by atoms with Crippen LogP contribution in [0.1, 0.15) is 24.2 Å². The van der Waals surface area contributed by atoms with Gasteiger partial charge < -0.3 is 4.74 Å². The van der Waals surface area contributed by atoms with Gasteiger partial charge in [0.15, 0.2) is 24.0 Å². The number of carbonyl (C=O) groups excluding carboxylic acids is 2. The van der Waals surface area contributed by atoms with Crippen LogP contribution in [0, 0.1) is 23.4 Å². The molecule has 156 valence electrons.